The van der Waals surface area contributed by atoms with Crippen LogP contribution in [0.2, 0.25) is 0 Å². The number of nitrogen functional groups attached to an aromatic ring is 1. The van der Waals surface area contributed by atoms with E-state index in [4.69, 9.17) is 43.9 Å². The molecular formula is C62H92N6O30P2S4. The highest BCUT2D eigenvalue weighted by Gasteiger charge is 2.51. The number of phosphoric acid groups is 2. The van der Waals surface area contributed by atoms with E-state index in [1.54, 1.807) is 37.3 Å². The second kappa shape index (κ2) is 39.1. The summed E-state index contributed by atoms with van der Waals surface area (Å²) < 4.78 is 206. The van der Waals surface area contributed by atoms with E-state index in [0.29, 0.717) is 60.2 Å². The smallest absolute Gasteiger partial charge is 0.470 e. The molecule has 584 valence electrons. The summed E-state index contributed by atoms with van der Waals surface area (Å²) in [5.41, 5.74) is 6.68. The molecule has 1 aliphatic carbocycles. The Bertz CT molecular complexity index is 4220. The molecule has 3 heterocycles. The number of rotatable bonds is 47. The van der Waals surface area contributed by atoms with Crippen LogP contribution in [0.1, 0.15) is 119 Å². The number of hydrogen-bond donors (Lipinski definition) is 11. The third kappa shape index (κ3) is 27.0. The van der Waals surface area contributed by atoms with Gasteiger partial charge in [0.15, 0.2) is 18.5 Å². The van der Waals surface area contributed by atoms with Crippen LogP contribution in [-0.4, -0.2) is 231 Å². The monoisotopic (exact) mass is 1590 g/mol. The minimum atomic E-state index is -5.29. The standard InChI is InChI=1S/C62H92N6O30P2S4/c1-61(23-11-37-101(79,80)81)48(15-7-5-8-16-53-62(2,24-12-38-102(82,83)84)50-40-45(104(88,89)90)19-21-51(50)67(53)27-30-91-3)46(47-20-18-44(39-49(47)61)103(85,86)87)14-6-4-9-17-54(69)65-26-29-93-32-34-95-36-35-94-33-31-92-28-22-55(70)64-25-10-13-43-41-68(60(72)66-58(43)63)59-56(71)57(98-100(76,77)78)52(97-59)42-96-99(73,74)75/h5,7-8,15-16,18-21,39-41,46,52,56-57,59,71H,4,6,9-14,17,22-38,42H2,1-3H3,(H11-,63,64,65,66,69,70,72,73,74,75,76,77,78,79,80,81,82,83,84,85,86,87,88,89,90)/b7-5+,16-8+,48-15-/t46?,52-,56+,57?,59-,61?,62?/m1/s1. The Balaban J connectivity index is 0.904. The lowest BCUT2D eigenvalue weighted by Gasteiger charge is -2.30. The summed E-state index contributed by atoms with van der Waals surface area (Å²) in [5, 5.41) is 16.4. The number of carbonyl (C=O) groups is 2. The highest BCUT2D eigenvalue weighted by molar-refractivity contribution is 7.86. The van der Waals surface area contributed by atoms with Gasteiger partial charge in [-0.15, -0.1) is 0 Å². The number of phosphoric ester groups is 2. The highest BCUT2D eigenvalue weighted by atomic mass is 32.2. The number of unbranched alkanes of at least 4 members (excludes halogenated alkanes) is 2. The number of allylic oxidation sites excluding steroid dienone is 6. The zero-order valence-electron chi connectivity index (χ0n) is 57.4. The van der Waals surface area contributed by atoms with Crippen molar-refractivity contribution in [2.75, 3.05) is 110 Å². The van der Waals surface area contributed by atoms with Crippen LogP contribution in [0, 0.1) is 0 Å². The lowest BCUT2D eigenvalue weighted by Crippen LogP contribution is -2.38. The maximum Gasteiger partial charge on any atom is 0.470 e. The third-order valence-corrected chi connectivity index (χ3v) is 21.8. The van der Waals surface area contributed by atoms with Crippen LogP contribution >= 0.6 is 15.6 Å². The molecule has 2 aliphatic heterocycles. The number of anilines is 1. The Morgan fingerprint density at radius 3 is 1.93 bits per heavy atom. The van der Waals surface area contributed by atoms with Gasteiger partial charge in [-0.3, -0.25) is 36.9 Å². The summed E-state index contributed by atoms with van der Waals surface area (Å²) in [6.07, 6.45) is 5.75. The molecule has 0 saturated carbocycles. The van der Waals surface area contributed by atoms with Crippen LogP contribution in [0.5, 0.6) is 0 Å². The zero-order chi connectivity index (χ0) is 76.9. The molecule has 2 amide bonds. The Morgan fingerprint density at radius 2 is 1.33 bits per heavy atom. The molecule has 1 aromatic heterocycles. The molecule has 0 spiro atoms. The summed E-state index contributed by atoms with van der Waals surface area (Å²) >= 11 is 0. The number of hydrogen-bond acceptors (Lipinski definition) is 25. The summed E-state index contributed by atoms with van der Waals surface area (Å²) in [5.74, 6) is -2.27. The summed E-state index contributed by atoms with van der Waals surface area (Å²) in [6.45, 7) is 5.24. The molecule has 36 nitrogen and oxygen atoms in total. The Kier molecular flexibility index (Phi) is 32.8. The third-order valence-electron chi connectivity index (χ3n) is 17.5. The number of amides is 2. The fourth-order valence-electron chi connectivity index (χ4n) is 12.7. The van der Waals surface area contributed by atoms with E-state index < -0.39 is 120 Å². The first-order chi connectivity index (χ1) is 48.7. The van der Waals surface area contributed by atoms with Crippen molar-refractivity contribution in [3.8, 4) is 0 Å². The predicted octanol–water partition coefficient (Wildman–Crippen LogP) is 2.53. The largest absolute Gasteiger partial charge is 0.744 e. The number of ether oxygens (including phenoxy) is 6. The number of nitrogens with two attached hydrogens (primary N) is 1. The van der Waals surface area contributed by atoms with E-state index in [1.165, 1.54) is 43.6 Å². The van der Waals surface area contributed by atoms with Crippen molar-refractivity contribution in [3.63, 3.8) is 0 Å². The van der Waals surface area contributed by atoms with E-state index in [-0.39, 0.29) is 158 Å². The van der Waals surface area contributed by atoms with Gasteiger partial charge in [0.05, 0.1) is 86.2 Å². The number of benzene rings is 2. The number of nitrogens with one attached hydrogen (secondary N) is 2. The quantitative estimate of drug-likeness (QED) is 0.0127. The molecule has 104 heavy (non-hydrogen) atoms. The van der Waals surface area contributed by atoms with Gasteiger partial charge in [-0.1, -0.05) is 55.7 Å². The number of nitrogens with zero attached hydrogens (tertiary/aromatic N) is 3. The van der Waals surface area contributed by atoms with Gasteiger partial charge in [0.1, 0.15) is 40.9 Å². The normalized spacial score (nSPS) is 21.4. The molecule has 6 rings (SSSR count). The highest BCUT2D eigenvalue weighted by Crippen LogP contribution is 2.55. The molecule has 0 bridgehead atoms. The van der Waals surface area contributed by atoms with Gasteiger partial charge in [-0.2, -0.15) is 34.8 Å². The van der Waals surface area contributed by atoms with Crippen molar-refractivity contribution in [2.24, 2.45) is 0 Å². The first-order valence-corrected chi connectivity index (χ1v) is 42.1. The van der Waals surface area contributed by atoms with Crippen LogP contribution in [0.4, 0.5) is 11.5 Å². The average Bonchev–Trinajstić information content (AvgIpc) is 1.58. The van der Waals surface area contributed by atoms with Crippen molar-refractivity contribution < 1.29 is 137 Å². The molecule has 12 N–H and O–H groups in total. The minimum absolute atomic E-state index is 0.0254. The van der Waals surface area contributed by atoms with Crippen LogP contribution in [0.25, 0.3) is 0 Å². The minimum Gasteiger partial charge on any atom is -0.744 e. The van der Waals surface area contributed by atoms with E-state index in [9.17, 15) is 90.3 Å². The van der Waals surface area contributed by atoms with Gasteiger partial charge in [0.25, 0.3) is 30.4 Å². The van der Waals surface area contributed by atoms with Gasteiger partial charge < -0.3 is 74.0 Å². The first kappa shape index (κ1) is 87.4. The van der Waals surface area contributed by atoms with Gasteiger partial charge in [-0.25, -0.2) is 22.3 Å². The second-order valence-electron chi connectivity index (χ2n) is 25.1. The van der Waals surface area contributed by atoms with E-state index in [2.05, 4.69) is 24.7 Å². The summed E-state index contributed by atoms with van der Waals surface area (Å²) in [4.78, 5) is 77.7. The number of methoxy groups -OCH3 is 1. The maximum absolute atomic E-state index is 12.8. The van der Waals surface area contributed by atoms with Gasteiger partial charge >= 0.3 is 21.3 Å². The molecule has 3 aromatic rings. The Hall–Kier alpha value is -5.47. The molecule has 4 unspecified atom stereocenters. The number of fused-ring (bicyclic) bond motifs is 2. The van der Waals surface area contributed by atoms with Crippen LogP contribution in [0.15, 0.2) is 93.1 Å². The average molecular weight is 1590 g/mol. The second-order valence-corrected chi connectivity index (χ2v) is 33.5. The van der Waals surface area contributed by atoms with Crippen molar-refractivity contribution in [1.82, 2.24) is 20.2 Å². The molecule has 42 heteroatoms. The number of carbonyl (C=O) groups excluding carboxylic acids is 2. The summed E-state index contributed by atoms with van der Waals surface area (Å²) in [7, 11) is -27.3. The fourth-order valence-corrected chi connectivity index (χ4v) is 15.6. The first-order valence-electron chi connectivity index (χ1n) is 33.0. The SMILES string of the molecule is COCC[N+]1=C(/C=C/C=C/C=C2/C(CCCCCC(=O)NCCOCCOCCOCCOCCC(=O)NCCCc3cn([C@@H]4O[C@H](COP(=O)(O)O)C(OP(=O)(O)O)[C@@H]4O)c(=O)nc3N)c3ccc(S(=O)(=O)[O-])cc3C2(C)CCCS(=O)(=O)O)C(C)(CCCS(=O)(=O)O)c2cc(S(=O)(=O)O)ccc21. The van der Waals surface area contributed by atoms with Crippen LogP contribution in [-0.2, 0) is 114 Å². The molecule has 2 aromatic carbocycles. The van der Waals surface area contributed by atoms with E-state index in [1.807, 2.05) is 17.6 Å². The van der Waals surface area contributed by atoms with Crippen LogP contribution < -0.4 is 22.1 Å². The number of aromatic nitrogens is 2. The van der Waals surface area contributed by atoms with Crippen molar-refractivity contribution in [3.05, 3.63) is 111 Å². The Morgan fingerprint density at radius 1 is 0.731 bits per heavy atom. The number of aliphatic hydroxyl groups excluding tert-OH is 1. The molecule has 7 atom stereocenters. The van der Waals surface area contributed by atoms with Gasteiger partial charge in [0, 0.05) is 73.8 Å². The Labute approximate surface area is 602 Å². The van der Waals surface area contributed by atoms with Gasteiger partial charge in [-0.05, 0) is 93.7 Å². The summed E-state index contributed by atoms with van der Waals surface area (Å²) in [6, 6.07) is 8.22. The molecule has 0 radical (unpaired) electrons. The fraction of sp³-hybridized carbons (Fsp3) is 0.597. The number of aliphatic hydroxyl groups is 1. The predicted molar refractivity (Wildman–Crippen MR) is 370 cm³/mol. The van der Waals surface area contributed by atoms with Crippen molar-refractivity contribution >= 4 is 85.1 Å². The molecular weight excluding hydrogens is 1500 g/mol. The van der Waals surface area contributed by atoms with Gasteiger partial charge in [0.2, 0.25) is 17.5 Å². The van der Waals surface area contributed by atoms with Crippen molar-refractivity contribution in [2.45, 2.75) is 142 Å². The van der Waals surface area contributed by atoms with Crippen molar-refractivity contribution in [1.29, 1.82) is 0 Å². The lowest BCUT2D eigenvalue weighted by molar-refractivity contribution is -0.441. The molecule has 1 fully saturated rings. The molecule has 1 saturated heterocycles. The van der Waals surface area contributed by atoms with E-state index in [0.717, 1.165) is 10.1 Å². The topological polar surface area (TPSA) is 552 Å². The number of aryl methyl sites for hydroxylation is 1. The molecule has 3 aliphatic rings. The van der Waals surface area contributed by atoms with E-state index >= 15 is 0 Å². The zero-order valence-corrected chi connectivity index (χ0v) is 62.5. The van der Waals surface area contributed by atoms with Crippen LogP contribution in [0.3, 0.4) is 0 Å². The lowest BCUT2D eigenvalue weighted by atomic mass is 9.74. The maximum atomic E-state index is 12.8.